The molecule has 0 spiro atoms. The second kappa shape index (κ2) is 9.66. The van der Waals surface area contributed by atoms with E-state index in [-0.39, 0.29) is 12.3 Å². The second-order valence-corrected chi connectivity index (χ2v) is 7.56. The number of carbonyl (C=O) groups excluding carboxylic acids is 1. The standard InChI is InChI=1S/C22H26N2O3S/c1-4-26-13-11-24-19-14-16(2)17(3)15-20(19)28-22(24)23-21(25)10-12-27-18-8-6-5-7-9-18/h5-9,14-15H,4,10-13H2,1-3H3. The molecule has 2 aromatic carbocycles. The van der Waals surface area contributed by atoms with Crippen LogP contribution in [0.1, 0.15) is 24.5 Å². The first-order valence-corrected chi connectivity index (χ1v) is 10.3. The number of nitrogens with zero attached hydrogens (tertiary/aromatic N) is 2. The third kappa shape index (κ3) is 5.09. The van der Waals surface area contributed by atoms with Crippen molar-refractivity contribution < 1.29 is 14.3 Å². The van der Waals surface area contributed by atoms with Gasteiger partial charge in [-0.1, -0.05) is 29.5 Å². The Labute approximate surface area is 169 Å². The summed E-state index contributed by atoms with van der Waals surface area (Å²) in [6.45, 7) is 8.42. The summed E-state index contributed by atoms with van der Waals surface area (Å²) >= 11 is 1.54. The number of para-hydroxylation sites is 1. The van der Waals surface area contributed by atoms with Crippen molar-refractivity contribution in [2.24, 2.45) is 4.99 Å². The van der Waals surface area contributed by atoms with E-state index in [4.69, 9.17) is 9.47 Å². The van der Waals surface area contributed by atoms with Crippen LogP contribution >= 0.6 is 11.3 Å². The maximum atomic E-state index is 12.4. The van der Waals surface area contributed by atoms with Crippen molar-refractivity contribution in [3.63, 3.8) is 0 Å². The minimum atomic E-state index is -0.180. The molecule has 3 aromatic rings. The predicted octanol–water partition coefficient (Wildman–Crippen LogP) is 4.25. The molecule has 1 aromatic heterocycles. The number of fused-ring (bicyclic) bond motifs is 1. The van der Waals surface area contributed by atoms with Gasteiger partial charge in [0.2, 0.25) is 0 Å². The van der Waals surface area contributed by atoms with Gasteiger partial charge in [-0.2, -0.15) is 4.99 Å². The van der Waals surface area contributed by atoms with E-state index in [0.29, 0.717) is 31.2 Å². The summed E-state index contributed by atoms with van der Waals surface area (Å²) in [6.07, 6.45) is 0.243. The number of thiazole rings is 1. The van der Waals surface area contributed by atoms with Crippen LogP contribution in [0.3, 0.4) is 0 Å². The smallest absolute Gasteiger partial charge is 0.251 e. The molecule has 0 N–H and O–H groups in total. The van der Waals surface area contributed by atoms with Gasteiger partial charge in [-0.15, -0.1) is 0 Å². The van der Waals surface area contributed by atoms with Crippen molar-refractivity contribution in [3.8, 4) is 5.75 Å². The van der Waals surface area contributed by atoms with Gasteiger partial charge < -0.3 is 14.0 Å². The molecule has 0 fully saturated rings. The van der Waals surface area contributed by atoms with Crippen LogP contribution in [-0.2, 0) is 16.1 Å². The number of amides is 1. The molecule has 0 aliphatic carbocycles. The summed E-state index contributed by atoms with van der Waals surface area (Å²) in [5.74, 6) is 0.580. The molecule has 0 atom stereocenters. The van der Waals surface area contributed by atoms with Crippen molar-refractivity contribution in [1.82, 2.24) is 4.57 Å². The topological polar surface area (TPSA) is 52.8 Å². The Balaban J connectivity index is 1.80. The Morgan fingerprint density at radius 2 is 1.86 bits per heavy atom. The Bertz CT molecular complexity index is 1010. The van der Waals surface area contributed by atoms with Crippen LogP contribution in [0.25, 0.3) is 10.2 Å². The fraction of sp³-hybridized carbons (Fsp3) is 0.364. The van der Waals surface area contributed by atoms with Crippen LogP contribution in [0.5, 0.6) is 5.75 Å². The molecule has 0 saturated carbocycles. The molecule has 0 aliphatic heterocycles. The van der Waals surface area contributed by atoms with E-state index in [0.717, 1.165) is 16.0 Å². The monoisotopic (exact) mass is 398 g/mol. The molecule has 0 radical (unpaired) electrons. The maximum Gasteiger partial charge on any atom is 0.251 e. The Morgan fingerprint density at radius 3 is 2.61 bits per heavy atom. The molecule has 0 saturated heterocycles. The van der Waals surface area contributed by atoms with Crippen molar-refractivity contribution >= 4 is 27.5 Å². The van der Waals surface area contributed by atoms with Crippen LogP contribution in [0.2, 0.25) is 0 Å². The van der Waals surface area contributed by atoms with Gasteiger partial charge in [-0.25, -0.2) is 0 Å². The molecule has 148 valence electrons. The molecule has 3 rings (SSSR count). The minimum Gasteiger partial charge on any atom is -0.493 e. The largest absolute Gasteiger partial charge is 0.493 e. The molecule has 1 heterocycles. The van der Waals surface area contributed by atoms with Gasteiger partial charge in [-0.05, 0) is 56.2 Å². The number of aromatic nitrogens is 1. The van der Waals surface area contributed by atoms with Gasteiger partial charge in [0.1, 0.15) is 5.75 Å². The lowest BCUT2D eigenvalue weighted by atomic mass is 10.1. The molecule has 0 aliphatic rings. The van der Waals surface area contributed by atoms with E-state index in [1.165, 1.54) is 11.1 Å². The first kappa shape index (κ1) is 20.3. The molecular formula is C22H26N2O3S. The molecule has 28 heavy (non-hydrogen) atoms. The average molecular weight is 399 g/mol. The average Bonchev–Trinajstić information content (AvgIpc) is 2.99. The van der Waals surface area contributed by atoms with Crippen LogP contribution in [0, 0.1) is 13.8 Å². The zero-order valence-electron chi connectivity index (χ0n) is 16.6. The maximum absolute atomic E-state index is 12.4. The molecular weight excluding hydrogens is 372 g/mol. The minimum absolute atomic E-state index is 0.180. The van der Waals surface area contributed by atoms with E-state index in [9.17, 15) is 4.79 Å². The molecule has 6 heteroatoms. The highest BCUT2D eigenvalue weighted by molar-refractivity contribution is 7.16. The third-order valence-corrected chi connectivity index (χ3v) is 5.55. The van der Waals surface area contributed by atoms with Crippen molar-refractivity contribution in [2.45, 2.75) is 33.7 Å². The summed E-state index contributed by atoms with van der Waals surface area (Å²) in [5.41, 5.74) is 3.56. The van der Waals surface area contributed by atoms with E-state index < -0.39 is 0 Å². The van der Waals surface area contributed by atoms with E-state index in [1.54, 1.807) is 11.3 Å². The Hall–Kier alpha value is -2.44. The summed E-state index contributed by atoms with van der Waals surface area (Å²) in [4.78, 5) is 17.5. The van der Waals surface area contributed by atoms with Gasteiger partial charge in [-0.3, -0.25) is 4.79 Å². The fourth-order valence-corrected chi connectivity index (χ4v) is 4.01. The summed E-state index contributed by atoms with van der Waals surface area (Å²) in [5, 5.41) is 0. The number of rotatable bonds is 8. The van der Waals surface area contributed by atoms with Gasteiger partial charge >= 0.3 is 0 Å². The third-order valence-electron chi connectivity index (χ3n) is 4.51. The zero-order valence-corrected chi connectivity index (χ0v) is 17.4. The molecule has 0 bridgehead atoms. The lowest BCUT2D eigenvalue weighted by Crippen LogP contribution is -2.20. The van der Waals surface area contributed by atoms with Gasteiger partial charge in [0, 0.05) is 13.2 Å². The SMILES string of the molecule is CCOCCn1c(=NC(=O)CCOc2ccccc2)sc2cc(C)c(C)cc21. The van der Waals surface area contributed by atoms with Crippen LogP contribution < -0.4 is 9.54 Å². The number of benzene rings is 2. The van der Waals surface area contributed by atoms with Crippen molar-refractivity contribution in [2.75, 3.05) is 19.8 Å². The molecule has 1 amide bonds. The summed E-state index contributed by atoms with van der Waals surface area (Å²) < 4.78 is 14.3. The number of carbonyl (C=O) groups is 1. The first-order chi connectivity index (χ1) is 13.6. The lowest BCUT2D eigenvalue weighted by molar-refractivity contribution is -0.118. The van der Waals surface area contributed by atoms with Gasteiger partial charge in [0.05, 0.1) is 29.9 Å². The number of aryl methyl sites for hydroxylation is 2. The highest BCUT2D eigenvalue weighted by Crippen LogP contribution is 2.22. The predicted molar refractivity (Wildman–Crippen MR) is 113 cm³/mol. The van der Waals surface area contributed by atoms with Crippen molar-refractivity contribution in [3.05, 3.63) is 58.4 Å². The summed E-state index contributed by atoms with van der Waals surface area (Å²) in [7, 11) is 0. The fourth-order valence-electron chi connectivity index (χ4n) is 2.86. The quantitative estimate of drug-likeness (QED) is 0.533. The Kier molecular flexibility index (Phi) is 7.01. The highest BCUT2D eigenvalue weighted by Gasteiger charge is 2.10. The van der Waals surface area contributed by atoms with Gasteiger partial charge in [0.15, 0.2) is 4.80 Å². The van der Waals surface area contributed by atoms with E-state index >= 15 is 0 Å². The normalized spacial score (nSPS) is 11.9. The number of hydrogen-bond donors (Lipinski definition) is 0. The van der Waals surface area contributed by atoms with Crippen LogP contribution in [-0.4, -0.2) is 30.3 Å². The van der Waals surface area contributed by atoms with Crippen LogP contribution in [0.15, 0.2) is 47.5 Å². The van der Waals surface area contributed by atoms with Crippen LogP contribution in [0.4, 0.5) is 0 Å². The van der Waals surface area contributed by atoms with E-state index in [1.807, 2.05) is 37.3 Å². The molecule has 0 unspecified atom stereocenters. The molecule has 5 nitrogen and oxygen atoms in total. The second-order valence-electron chi connectivity index (χ2n) is 6.55. The Morgan fingerprint density at radius 1 is 1.11 bits per heavy atom. The first-order valence-electron chi connectivity index (χ1n) is 9.52. The summed E-state index contributed by atoms with van der Waals surface area (Å²) in [6, 6.07) is 13.8. The van der Waals surface area contributed by atoms with E-state index in [2.05, 4.69) is 35.5 Å². The number of ether oxygens (including phenoxy) is 2. The zero-order chi connectivity index (χ0) is 19.9. The number of hydrogen-bond acceptors (Lipinski definition) is 4. The lowest BCUT2D eigenvalue weighted by Gasteiger charge is -2.07. The van der Waals surface area contributed by atoms with Crippen molar-refractivity contribution in [1.29, 1.82) is 0 Å². The highest BCUT2D eigenvalue weighted by atomic mass is 32.1. The van der Waals surface area contributed by atoms with Gasteiger partial charge in [0.25, 0.3) is 5.91 Å².